The Labute approximate surface area is 434 Å². The number of anilines is 2. The van der Waals surface area contributed by atoms with Gasteiger partial charge in [0.05, 0.1) is 30.4 Å². The van der Waals surface area contributed by atoms with Gasteiger partial charge in [0.2, 0.25) is 5.91 Å². The van der Waals surface area contributed by atoms with Crippen molar-refractivity contribution in [1.29, 1.82) is 5.26 Å². The molecule has 2 saturated heterocycles. The predicted molar refractivity (Wildman–Crippen MR) is 286 cm³/mol. The number of nitriles is 1. The summed E-state index contributed by atoms with van der Waals surface area (Å²) in [6, 6.07) is 32.7. The molecule has 0 spiro atoms. The van der Waals surface area contributed by atoms with E-state index < -0.39 is 0 Å². The second-order valence-electron chi connectivity index (χ2n) is 20.7. The van der Waals surface area contributed by atoms with Crippen LogP contribution in [-0.4, -0.2) is 123 Å². The van der Waals surface area contributed by atoms with Gasteiger partial charge >= 0.3 is 0 Å². The van der Waals surface area contributed by atoms with Crippen molar-refractivity contribution in [1.82, 2.24) is 28.7 Å². The van der Waals surface area contributed by atoms with Crippen molar-refractivity contribution in [3.63, 3.8) is 0 Å². The van der Waals surface area contributed by atoms with Crippen LogP contribution in [-0.2, 0) is 56.0 Å². The number of piperidine rings is 1. The molecule has 14 heteroatoms. The Hall–Kier alpha value is -7.18. The highest BCUT2D eigenvalue weighted by molar-refractivity contribution is 6.13. The van der Waals surface area contributed by atoms with E-state index in [1.807, 2.05) is 72.8 Å². The topological polar surface area (TPSA) is 140 Å². The highest BCUT2D eigenvalue weighted by Gasteiger charge is 2.36. The first-order valence-electron chi connectivity index (χ1n) is 26.3. The molecule has 14 nitrogen and oxygen atoms in total. The van der Waals surface area contributed by atoms with Crippen molar-refractivity contribution >= 4 is 29.1 Å². The Kier molecular flexibility index (Phi) is 14.8. The number of hydrogen-bond acceptors (Lipinski definition) is 9. The third-order valence-electron chi connectivity index (χ3n) is 16.0. The van der Waals surface area contributed by atoms with Crippen LogP contribution in [0.4, 0.5) is 11.4 Å². The monoisotopic (exact) mass is 997 g/mol. The van der Waals surface area contributed by atoms with E-state index in [1.165, 1.54) is 12.0 Å². The normalized spacial score (nSPS) is 18.1. The minimum atomic E-state index is -0.317. The summed E-state index contributed by atoms with van der Waals surface area (Å²) in [6.45, 7) is 14.0. The molecule has 10 rings (SSSR count). The molecule has 2 aromatic heterocycles. The second-order valence-corrected chi connectivity index (χ2v) is 20.7. The molecule has 2 fully saturated rings. The molecule has 2 atom stereocenters. The molecule has 0 saturated carbocycles. The number of phenolic OH excluding ortho intramolecular Hbond substituents is 1. The maximum atomic E-state index is 15.8. The lowest BCUT2D eigenvalue weighted by Crippen LogP contribution is -2.51. The highest BCUT2D eigenvalue weighted by atomic mass is 16.5. The number of aromatic hydroxyl groups is 1. The lowest BCUT2D eigenvalue weighted by atomic mass is 9.89. The van der Waals surface area contributed by atoms with E-state index in [9.17, 15) is 15.2 Å². The summed E-state index contributed by atoms with van der Waals surface area (Å²) in [6.07, 6.45) is 5.35. The number of rotatable bonds is 13. The van der Waals surface area contributed by atoms with E-state index in [0.29, 0.717) is 66.6 Å². The zero-order valence-electron chi connectivity index (χ0n) is 43.5. The molecule has 4 aliphatic rings. The fourth-order valence-corrected chi connectivity index (χ4v) is 11.4. The molecule has 0 bridgehead atoms. The van der Waals surface area contributed by atoms with Gasteiger partial charge in [0.25, 0.3) is 11.8 Å². The molecule has 384 valence electrons. The summed E-state index contributed by atoms with van der Waals surface area (Å²) in [5, 5.41) is 20.3. The summed E-state index contributed by atoms with van der Waals surface area (Å²) >= 11 is 0. The molecule has 4 aliphatic heterocycles. The summed E-state index contributed by atoms with van der Waals surface area (Å²) in [5.41, 5.74) is 10.6. The number of fused-ring (bicyclic) bond motifs is 2. The summed E-state index contributed by atoms with van der Waals surface area (Å²) in [4.78, 5) is 55.6. The summed E-state index contributed by atoms with van der Waals surface area (Å²) in [5.74, 6) is 0.467. The van der Waals surface area contributed by atoms with Crippen molar-refractivity contribution in [3.05, 3.63) is 153 Å². The first kappa shape index (κ1) is 50.4. The van der Waals surface area contributed by atoms with E-state index in [-0.39, 0.29) is 42.0 Å². The summed E-state index contributed by atoms with van der Waals surface area (Å²) in [7, 11) is 3.73. The van der Waals surface area contributed by atoms with Crippen molar-refractivity contribution < 1.29 is 29.0 Å². The number of phenols is 1. The fraction of sp³-hybridized carbons (Fsp3) is 0.400. The standard InChI is InChI=1S/C60H68N8O6/c1-40-36-65(25-27-73-40)26-28-74-52-19-13-43(14-20-52)29-58(70)66-24-21-45-31-54(55(32-47(45)37-66)59(71)67-38-46-12-8-7-11-44(46)30-50(67)39-64-22-9-6-10-23-64)57-34-53(41(2)63(57)5)60(72)68(48-15-17-51(69)18-16-48)56-33-49(35-61)62(4)42(56)3/h7-8,11-20,31-34,40,50,69H,6,9-10,21-30,36-39H2,1-5H3/t40-,50+/m1/s1. The van der Waals surface area contributed by atoms with Crippen molar-refractivity contribution in [2.24, 2.45) is 14.1 Å². The van der Waals surface area contributed by atoms with Crippen LogP contribution >= 0.6 is 0 Å². The Morgan fingerprint density at radius 3 is 2.28 bits per heavy atom. The van der Waals surface area contributed by atoms with Gasteiger partial charge in [-0.15, -0.1) is 0 Å². The number of likely N-dealkylation sites (tertiary alicyclic amines) is 1. The number of hydrogen-bond donors (Lipinski definition) is 1. The fourth-order valence-electron chi connectivity index (χ4n) is 11.4. The number of carbonyl (C=O) groups is 3. The zero-order chi connectivity index (χ0) is 51.6. The van der Waals surface area contributed by atoms with Gasteiger partial charge in [0, 0.05) is 99.8 Å². The van der Waals surface area contributed by atoms with Gasteiger partial charge in [-0.1, -0.05) is 42.8 Å². The average Bonchev–Trinajstić information content (AvgIpc) is 3.89. The van der Waals surface area contributed by atoms with Crippen LogP contribution in [0.25, 0.3) is 11.3 Å². The van der Waals surface area contributed by atoms with Crippen LogP contribution in [0.1, 0.15) is 91.8 Å². The van der Waals surface area contributed by atoms with E-state index in [4.69, 9.17) is 9.47 Å². The minimum Gasteiger partial charge on any atom is -0.508 e. The second kappa shape index (κ2) is 21.7. The van der Waals surface area contributed by atoms with E-state index in [0.717, 1.165) is 110 Å². The first-order valence-corrected chi connectivity index (χ1v) is 26.3. The van der Waals surface area contributed by atoms with Crippen molar-refractivity contribution in [2.75, 3.05) is 63.9 Å². The van der Waals surface area contributed by atoms with E-state index >= 15 is 9.59 Å². The Morgan fingerprint density at radius 2 is 1.55 bits per heavy atom. The Bertz CT molecular complexity index is 3090. The number of ether oxygens (including phenoxy) is 2. The third-order valence-corrected chi connectivity index (χ3v) is 16.0. The van der Waals surface area contributed by atoms with E-state index in [1.54, 1.807) is 46.8 Å². The molecule has 0 unspecified atom stereocenters. The summed E-state index contributed by atoms with van der Waals surface area (Å²) < 4.78 is 15.5. The van der Waals surface area contributed by atoms with Crippen molar-refractivity contribution in [2.45, 2.75) is 84.5 Å². The largest absolute Gasteiger partial charge is 0.508 e. The third kappa shape index (κ3) is 10.5. The number of aromatic nitrogens is 2. The quantitative estimate of drug-likeness (QED) is 0.121. The lowest BCUT2D eigenvalue weighted by Gasteiger charge is -2.41. The molecular weight excluding hydrogens is 929 g/mol. The number of carbonyl (C=O) groups excluding carboxylic acids is 3. The number of amides is 3. The van der Waals surface area contributed by atoms with Gasteiger partial charge < -0.3 is 38.4 Å². The lowest BCUT2D eigenvalue weighted by molar-refractivity contribution is -0.131. The molecule has 6 aromatic rings. The van der Waals surface area contributed by atoms with Gasteiger partial charge in [-0.3, -0.25) is 24.2 Å². The number of benzene rings is 4. The zero-order valence-corrected chi connectivity index (χ0v) is 43.5. The van der Waals surface area contributed by atoms with Crippen LogP contribution in [0.5, 0.6) is 11.5 Å². The SMILES string of the molecule is Cc1c(N(C(=O)c2cc(-c3cc4c(cc3C(=O)N3Cc5ccccc5C[C@H]3CN3CCCCC3)CN(C(=O)Cc3ccc(OCCN5CCO[C@H](C)C5)cc3)CC4)n(C)c2C)c2ccc(O)cc2)cc(C#N)n1C. The van der Waals surface area contributed by atoms with Gasteiger partial charge in [-0.25, -0.2) is 0 Å². The average molecular weight is 997 g/mol. The van der Waals surface area contributed by atoms with Crippen LogP contribution in [0.3, 0.4) is 0 Å². The number of morpholine rings is 1. The molecule has 3 amide bonds. The van der Waals surface area contributed by atoms with Gasteiger partial charge in [0.15, 0.2) is 0 Å². The van der Waals surface area contributed by atoms with Gasteiger partial charge in [-0.2, -0.15) is 5.26 Å². The minimum absolute atomic E-state index is 0.0203. The maximum absolute atomic E-state index is 15.8. The Morgan fingerprint density at radius 1 is 0.797 bits per heavy atom. The smallest absolute Gasteiger partial charge is 0.264 e. The maximum Gasteiger partial charge on any atom is 0.264 e. The molecular formula is C60H68N8O6. The molecule has 6 heterocycles. The molecule has 4 aromatic carbocycles. The Balaban J connectivity index is 0.978. The van der Waals surface area contributed by atoms with Gasteiger partial charge in [0.1, 0.15) is 29.9 Å². The van der Waals surface area contributed by atoms with Crippen molar-refractivity contribution in [3.8, 4) is 28.8 Å². The van der Waals surface area contributed by atoms with E-state index in [2.05, 4.69) is 52.0 Å². The highest BCUT2D eigenvalue weighted by Crippen LogP contribution is 2.39. The van der Waals surface area contributed by atoms with Crippen LogP contribution in [0, 0.1) is 25.2 Å². The molecule has 1 N–H and O–H groups in total. The molecule has 74 heavy (non-hydrogen) atoms. The van der Waals surface area contributed by atoms with Crippen LogP contribution in [0.15, 0.2) is 97.1 Å². The van der Waals surface area contributed by atoms with Gasteiger partial charge in [-0.05, 0) is 148 Å². The van der Waals surface area contributed by atoms with Crippen LogP contribution in [0.2, 0.25) is 0 Å². The molecule has 0 radical (unpaired) electrons. The number of nitrogens with zero attached hydrogens (tertiary/aromatic N) is 8. The van der Waals surface area contributed by atoms with Crippen LogP contribution < -0.4 is 9.64 Å². The molecule has 0 aliphatic carbocycles. The predicted octanol–water partition coefficient (Wildman–Crippen LogP) is 8.48. The first-order chi connectivity index (χ1) is 35.8.